The molecule has 1 fully saturated rings. The fourth-order valence-corrected chi connectivity index (χ4v) is 2.62. The maximum Gasteiger partial charge on any atom is 0.330 e. The van der Waals surface area contributed by atoms with Gasteiger partial charge in [0.25, 0.3) is 5.56 Å². The first-order valence-corrected chi connectivity index (χ1v) is 6.45. The lowest BCUT2D eigenvalue weighted by molar-refractivity contribution is 0.185. The summed E-state index contributed by atoms with van der Waals surface area (Å²) in [6.45, 7) is 5.21. The molecule has 0 atom stereocenters. The van der Waals surface area contributed by atoms with Gasteiger partial charge in [-0.15, -0.1) is 0 Å². The maximum atomic E-state index is 11.8. The van der Waals surface area contributed by atoms with E-state index in [9.17, 15) is 9.59 Å². The standard InChI is InChI=1S/C12H20N4O2/c1-2-5-15-6-3-9(4-7-15)16-10(13)8-11(17)14-12(16)18/h8-9H,2-7,13H2,1H3,(H,14,17,18). The third-order valence-corrected chi connectivity index (χ3v) is 3.47. The summed E-state index contributed by atoms with van der Waals surface area (Å²) in [4.78, 5) is 27.6. The molecule has 0 amide bonds. The van der Waals surface area contributed by atoms with Crippen LogP contribution in [0.25, 0.3) is 0 Å². The van der Waals surface area contributed by atoms with Crippen LogP contribution in [0.3, 0.4) is 0 Å². The first kappa shape index (κ1) is 12.9. The summed E-state index contributed by atoms with van der Waals surface area (Å²) < 4.78 is 1.52. The van der Waals surface area contributed by atoms with Crippen molar-refractivity contribution in [3.63, 3.8) is 0 Å². The van der Waals surface area contributed by atoms with Crippen molar-refractivity contribution < 1.29 is 0 Å². The molecule has 1 aliphatic rings. The molecule has 0 aromatic carbocycles. The summed E-state index contributed by atoms with van der Waals surface area (Å²) in [7, 11) is 0. The summed E-state index contributed by atoms with van der Waals surface area (Å²) in [6, 6.07) is 1.38. The molecular weight excluding hydrogens is 232 g/mol. The zero-order valence-corrected chi connectivity index (χ0v) is 10.7. The molecule has 18 heavy (non-hydrogen) atoms. The monoisotopic (exact) mass is 252 g/mol. The van der Waals surface area contributed by atoms with Crippen LogP contribution >= 0.6 is 0 Å². The van der Waals surface area contributed by atoms with E-state index in [1.807, 2.05) is 0 Å². The predicted octanol–water partition coefficient (Wildman–Crippen LogP) is 0.166. The second-order valence-electron chi connectivity index (χ2n) is 4.81. The largest absolute Gasteiger partial charge is 0.385 e. The lowest BCUT2D eigenvalue weighted by atomic mass is 10.0. The van der Waals surface area contributed by atoms with Gasteiger partial charge in [-0.1, -0.05) is 6.92 Å². The van der Waals surface area contributed by atoms with E-state index >= 15 is 0 Å². The van der Waals surface area contributed by atoms with E-state index in [0.29, 0.717) is 0 Å². The Labute approximate surface area is 105 Å². The third-order valence-electron chi connectivity index (χ3n) is 3.47. The van der Waals surface area contributed by atoms with Gasteiger partial charge in [-0.3, -0.25) is 14.3 Å². The maximum absolute atomic E-state index is 11.8. The molecule has 1 aromatic heterocycles. The van der Waals surface area contributed by atoms with Crippen LogP contribution in [0.1, 0.15) is 32.2 Å². The van der Waals surface area contributed by atoms with Gasteiger partial charge in [0, 0.05) is 25.2 Å². The Morgan fingerprint density at radius 1 is 1.39 bits per heavy atom. The summed E-state index contributed by atoms with van der Waals surface area (Å²) in [6.07, 6.45) is 2.94. The van der Waals surface area contributed by atoms with Crippen molar-refractivity contribution in [1.29, 1.82) is 0 Å². The number of nitrogen functional groups attached to an aromatic ring is 1. The summed E-state index contributed by atoms with van der Waals surface area (Å²) in [5, 5.41) is 0. The molecule has 1 aliphatic heterocycles. The van der Waals surface area contributed by atoms with Crippen LogP contribution in [-0.2, 0) is 0 Å². The van der Waals surface area contributed by atoms with Gasteiger partial charge in [0.15, 0.2) is 0 Å². The number of rotatable bonds is 3. The summed E-state index contributed by atoms with van der Waals surface area (Å²) in [5.74, 6) is 0.262. The van der Waals surface area contributed by atoms with Gasteiger partial charge in [-0.2, -0.15) is 0 Å². The van der Waals surface area contributed by atoms with Gasteiger partial charge in [0.1, 0.15) is 5.82 Å². The highest BCUT2D eigenvalue weighted by Gasteiger charge is 2.22. The number of hydrogen-bond donors (Lipinski definition) is 2. The van der Waals surface area contributed by atoms with E-state index < -0.39 is 11.2 Å². The Kier molecular flexibility index (Phi) is 3.86. The number of anilines is 1. The molecule has 2 heterocycles. The topological polar surface area (TPSA) is 84.1 Å². The first-order valence-electron chi connectivity index (χ1n) is 6.45. The highest BCUT2D eigenvalue weighted by molar-refractivity contribution is 5.27. The number of aromatic nitrogens is 2. The SMILES string of the molecule is CCCN1CCC(n2c(N)cc(=O)[nH]c2=O)CC1. The van der Waals surface area contributed by atoms with Crippen molar-refractivity contribution in [2.75, 3.05) is 25.4 Å². The van der Waals surface area contributed by atoms with E-state index in [4.69, 9.17) is 5.73 Å². The highest BCUT2D eigenvalue weighted by Crippen LogP contribution is 2.22. The number of aromatic amines is 1. The Hall–Kier alpha value is -1.56. The highest BCUT2D eigenvalue weighted by atomic mass is 16.2. The normalized spacial score (nSPS) is 18.1. The molecule has 0 bridgehead atoms. The molecule has 100 valence electrons. The van der Waals surface area contributed by atoms with E-state index in [1.54, 1.807) is 0 Å². The minimum atomic E-state index is -0.433. The average molecular weight is 252 g/mol. The molecule has 0 spiro atoms. The molecule has 3 N–H and O–H groups in total. The van der Waals surface area contributed by atoms with Crippen LogP contribution in [0.5, 0.6) is 0 Å². The molecule has 6 nitrogen and oxygen atoms in total. The number of nitrogens with two attached hydrogens (primary N) is 1. The number of nitrogens with zero attached hydrogens (tertiary/aromatic N) is 2. The summed E-state index contributed by atoms with van der Waals surface area (Å²) >= 11 is 0. The van der Waals surface area contributed by atoms with Crippen LogP contribution in [0.4, 0.5) is 5.82 Å². The van der Waals surface area contributed by atoms with Crippen molar-refractivity contribution in [2.24, 2.45) is 0 Å². The smallest absolute Gasteiger partial charge is 0.330 e. The Morgan fingerprint density at radius 3 is 2.61 bits per heavy atom. The van der Waals surface area contributed by atoms with Crippen LogP contribution in [0.15, 0.2) is 15.7 Å². The van der Waals surface area contributed by atoms with Crippen molar-refractivity contribution in [2.45, 2.75) is 32.2 Å². The van der Waals surface area contributed by atoms with E-state index in [-0.39, 0.29) is 11.9 Å². The van der Waals surface area contributed by atoms with Crippen molar-refractivity contribution in [3.8, 4) is 0 Å². The van der Waals surface area contributed by atoms with E-state index in [0.717, 1.165) is 38.9 Å². The fraction of sp³-hybridized carbons (Fsp3) is 0.667. The summed E-state index contributed by atoms with van der Waals surface area (Å²) in [5.41, 5.74) is 4.95. The first-order chi connectivity index (χ1) is 8.61. The second kappa shape index (κ2) is 5.39. The minimum absolute atomic E-state index is 0.0995. The zero-order chi connectivity index (χ0) is 13.1. The van der Waals surface area contributed by atoms with Crippen LogP contribution in [0.2, 0.25) is 0 Å². The molecule has 1 aromatic rings. The van der Waals surface area contributed by atoms with Gasteiger partial charge in [-0.05, 0) is 25.8 Å². The molecule has 6 heteroatoms. The van der Waals surface area contributed by atoms with Gasteiger partial charge in [0.2, 0.25) is 0 Å². The molecule has 1 saturated heterocycles. The zero-order valence-electron chi connectivity index (χ0n) is 10.7. The average Bonchev–Trinajstić information content (AvgIpc) is 2.30. The third kappa shape index (κ3) is 2.64. The fourth-order valence-electron chi connectivity index (χ4n) is 2.62. The van der Waals surface area contributed by atoms with E-state index in [1.165, 1.54) is 10.6 Å². The molecule has 2 rings (SSSR count). The Balaban J connectivity index is 2.15. The van der Waals surface area contributed by atoms with Gasteiger partial charge >= 0.3 is 5.69 Å². The molecule has 0 aliphatic carbocycles. The second-order valence-corrected chi connectivity index (χ2v) is 4.81. The number of nitrogens with one attached hydrogen (secondary N) is 1. The van der Waals surface area contributed by atoms with E-state index in [2.05, 4.69) is 16.8 Å². The van der Waals surface area contributed by atoms with Gasteiger partial charge in [0.05, 0.1) is 0 Å². The van der Waals surface area contributed by atoms with Crippen molar-refractivity contribution in [1.82, 2.24) is 14.5 Å². The Morgan fingerprint density at radius 2 is 2.06 bits per heavy atom. The van der Waals surface area contributed by atoms with Gasteiger partial charge < -0.3 is 10.6 Å². The Bertz CT molecular complexity index is 512. The number of hydrogen-bond acceptors (Lipinski definition) is 4. The lowest BCUT2D eigenvalue weighted by Gasteiger charge is -2.32. The molecule has 0 unspecified atom stereocenters. The van der Waals surface area contributed by atoms with Crippen LogP contribution in [-0.4, -0.2) is 34.1 Å². The van der Waals surface area contributed by atoms with Gasteiger partial charge in [-0.25, -0.2) is 4.79 Å². The van der Waals surface area contributed by atoms with Crippen molar-refractivity contribution in [3.05, 3.63) is 26.9 Å². The number of piperidine rings is 1. The number of H-pyrrole nitrogens is 1. The number of likely N-dealkylation sites (tertiary alicyclic amines) is 1. The molecule has 0 radical (unpaired) electrons. The molecular formula is C12H20N4O2. The predicted molar refractivity (Wildman–Crippen MR) is 70.7 cm³/mol. The minimum Gasteiger partial charge on any atom is -0.385 e. The van der Waals surface area contributed by atoms with Crippen molar-refractivity contribution >= 4 is 5.82 Å². The quantitative estimate of drug-likeness (QED) is 0.803. The lowest BCUT2D eigenvalue weighted by Crippen LogP contribution is -2.40. The molecule has 0 saturated carbocycles. The van der Waals surface area contributed by atoms with Crippen LogP contribution < -0.4 is 17.0 Å². The van der Waals surface area contributed by atoms with Crippen LogP contribution in [0, 0.1) is 0 Å².